The topological polar surface area (TPSA) is 54.9 Å². The van der Waals surface area contributed by atoms with Gasteiger partial charge in [0.25, 0.3) is 0 Å². The SMILES string of the molecule is CCNC(=NCC1CC1)NCCc1ccc(OC)c(OC)c1. The third-order valence-electron chi connectivity index (χ3n) is 3.70. The molecule has 5 heteroatoms. The van der Waals surface area contributed by atoms with E-state index in [1.54, 1.807) is 14.2 Å². The van der Waals surface area contributed by atoms with Gasteiger partial charge in [0.2, 0.25) is 0 Å². The van der Waals surface area contributed by atoms with Crippen molar-refractivity contribution in [1.29, 1.82) is 0 Å². The van der Waals surface area contributed by atoms with Crippen LogP contribution in [0.25, 0.3) is 0 Å². The van der Waals surface area contributed by atoms with Crippen molar-refractivity contribution in [2.75, 3.05) is 33.9 Å². The van der Waals surface area contributed by atoms with Crippen LogP contribution in [0.3, 0.4) is 0 Å². The van der Waals surface area contributed by atoms with E-state index in [-0.39, 0.29) is 0 Å². The Hall–Kier alpha value is -1.91. The minimum atomic E-state index is 0.763. The highest BCUT2D eigenvalue weighted by Crippen LogP contribution is 2.29. The molecule has 2 rings (SSSR count). The first-order valence-electron chi connectivity index (χ1n) is 8.00. The van der Waals surface area contributed by atoms with Crippen molar-refractivity contribution in [1.82, 2.24) is 10.6 Å². The fourth-order valence-corrected chi connectivity index (χ4v) is 2.22. The lowest BCUT2D eigenvalue weighted by Gasteiger charge is -2.12. The van der Waals surface area contributed by atoms with Crippen molar-refractivity contribution in [3.63, 3.8) is 0 Å². The summed E-state index contributed by atoms with van der Waals surface area (Å²) >= 11 is 0. The Morgan fingerprint density at radius 2 is 1.95 bits per heavy atom. The summed E-state index contributed by atoms with van der Waals surface area (Å²) in [7, 11) is 3.31. The molecule has 1 aromatic rings. The van der Waals surface area contributed by atoms with Crippen LogP contribution in [0.2, 0.25) is 0 Å². The molecule has 0 saturated heterocycles. The van der Waals surface area contributed by atoms with Crippen LogP contribution in [-0.4, -0.2) is 39.8 Å². The van der Waals surface area contributed by atoms with E-state index in [4.69, 9.17) is 9.47 Å². The molecule has 0 bridgehead atoms. The summed E-state index contributed by atoms with van der Waals surface area (Å²) in [6.07, 6.45) is 3.57. The third-order valence-corrected chi connectivity index (χ3v) is 3.70. The Morgan fingerprint density at radius 3 is 2.59 bits per heavy atom. The first-order valence-corrected chi connectivity index (χ1v) is 8.00. The molecule has 1 fully saturated rings. The van der Waals surface area contributed by atoms with Crippen molar-refractivity contribution in [2.45, 2.75) is 26.2 Å². The van der Waals surface area contributed by atoms with Gasteiger partial charge in [0.05, 0.1) is 14.2 Å². The van der Waals surface area contributed by atoms with Crippen LogP contribution in [0.5, 0.6) is 11.5 Å². The number of guanidine groups is 1. The molecule has 0 aromatic heterocycles. The Balaban J connectivity index is 1.84. The van der Waals surface area contributed by atoms with Crippen molar-refractivity contribution in [3.8, 4) is 11.5 Å². The van der Waals surface area contributed by atoms with Gasteiger partial charge in [-0.1, -0.05) is 6.07 Å². The first-order chi connectivity index (χ1) is 10.8. The zero-order valence-electron chi connectivity index (χ0n) is 13.8. The Labute approximate surface area is 133 Å². The molecule has 1 aliphatic carbocycles. The molecular formula is C17H27N3O2. The van der Waals surface area contributed by atoms with Crippen molar-refractivity contribution < 1.29 is 9.47 Å². The number of methoxy groups -OCH3 is 2. The molecule has 5 nitrogen and oxygen atoms in total. The van der Waals surface area contributed by atoms with Gasteiger partial charge in [0, 0.05) is 19.6 Å². The maximum atomic E-state index is 5.33. The number of ether oxygens (including phenoxy) is 2. The highest BCUT2D eigenvalue weighted by molar-refractivity contribution is 5.79. The summed E-state index contributed by atoms with van der Waals surface area (Å²) < 4.78 is 10.6. The average Bonchev–Trinajstić information content (AvgIpc) is 3.36. The molecule has 0 atom stereocenters. The molecule has 0 aliphatic heterocycles. The Kier molecular flexibility index (Phi) is 6.37. The lowest BCUT2D eigenvalue weighted by atomic mass is 10.1. The molecule has 1 aromatic carbocycles. The molecule has 2 N–H and O–H groups in total. The predicted octanol–water partition coefficient (Wildman–Crippen LogP) is 2.21. The van der Waals surface area contributed by atoms with Crippen LogP contribution < -0.4 is 20.1 Å². The summed E-state index contributed by atoms with van der Waals surface area (Å²) in [5, 5.41) is 6.67. The maximum Gasteiger partial charge on any atom is 0.191 e. The molecular weight excluding hydrogens is 278 g/mol. The van der Waals surface area contributed by atoms with Gasteiger partial charge in [-0.05, 0) is 49.8 Å². The molecule has 0 heterocycles. The molecule has 22 heavy (non-hydrogen) atoms. The fourth-order valence-electron chi connectivity index (χ4n) is 2.22. The largest absolute Gasteiger partial charge is 0.493 e. The second-order valence-corrected chi connectivity index (χ2v) is 5.53. The van der Waals surface area contributed by atoms with E-state index < -0.39 is 0 Å². The number of aliphatic imine (C=N–C) groups is 1. The minimum absolute atomic E-state index is 0.763. The van der Waals surface area contributed by atoms with E-state index in [1.807, 2.05) is 12.1 Å². The number of hydrogen-bond acceptors (Lipinski definition) is 3. The van der Waals surface area contributed by atoms with Crippen LogP contribution in [0.1, 0.15) is 25.3 Å². The molecule has 1 aliphatic rings. The van der Waals surface area contributed by atoms with Gasteiger partial charge < -0.3 is 20.1 Å². The minimum Gasteiger partial charge on any atom is -0.493 e. The van der Waals surface area contributed by atoms with E-state index in [2.05, 4.69) is 28.6 Å². The van der Waals surface area contributed by atoms with Crippen LogP contribution in [-0.2, 0) is 6.42 Å². The summed E-state index contributed by atoms with van der Waals surface area (Å²) in [5.74, 6) is 3.25. The summed E-state index contributed by atoms with van der Waals surface area (Å²) in [4.78, 5) is 4.62. The van der Waals surface area contributed by atoms with Gasteiger partial charge in [-0.2, -0.15) is 0 Å². The van der Waals surface area contributed by atoms with Crippen molar-refractivity contribution in [2.24, 2.45) is 10.9 Å². The smallest absolute Gasteiger partial charge is 0.191 e. The summed E-state index contributed by atoms with van der Waals surface area (Å²) in [6, 6.07) is 6.03. The van der Waals surface area contributed by atoms with E-state index in [1.165, 1.54) is 18.4 Å². The van der Waals surface area contributed by atoms with Gasteiger partial charge >= 0.3 is 0 Å². The number of rotatable bonds is 8. The molecule has 0 radical (unpaired) electrons. The van der Waals surface area contributed by atoms with E-state index in [0.29, 0.717) is 0 Å². The lowest BCUT2D eigenvalue weighted by Crippen LogP contribution is -2.38. The van der Waals surface area contributed by atoms with Crippen molar-refractivity contribution >= 4 is 5.96 Å². The molecule has 0 unspecified atom stereocenters. The van der Waals surface area contributed by atoms with Crippen LogP contribution in [0.4, 0.5) is 0 Å². The second kappa shape index (κ2) is 8.51. The van der Waals surface area contributed by atoms with Crippen LogP contribution in [0.15, 0.2) is 23.2 Å². The number of benzene rings is 1. The zero-order chi connectivity index (χ0) is 15.8. The van der Waals surface area contributed by atoms with E-state index in [9.17, 15) is 0 Å². The maximum absolute atomic E-state index is 5.33. The highest BCUT2D eigenvalue weighted by atomic mass is 16.5. The molecule has 122 valence electrons. The quantitative estimate of drug-likeness (QED) is 0.571. The normalized spacial score (nSPS) is 14.6. The second-order valence-electron chi connectivity index (χ2n) is 5.53. The summed E-state index contributed by atoms with van der Waals surface area (Å²) in [5.41, 5.74) is 1.21. The molecule has 0 spiro atoms. The van der Waals surface area contributed by atoms with Crippen LogP contribution >= 0.6 is 0 Å². The fraction of sp³-hybridized carbons (Fsp3) is 0.588. The number of hydrogen-bond donors (Lipinski definition) is 2. The standard InChI is InChI=1S/C17H27N3O2/c1-4-18-17(20-12-14-5-6-14)19-10-9-13-7-8-15(21-2)16(11-13)22-3/h7-8,11,14H,4-6,9-10,12H2,1-3H3,(H2,18,19,20). The first kappa shape index (κ1) is 16.5. The molecule has 0 amide bonds. The van der Waals surface area contributed by atoms with Gasteiger partial charge in [-0.25, -0.2) is 0 Å². The van der Waals surface area contributed by atoms with Gasteiger partial charge in [-0.15, -0.1) is 0 Å². The lowest BCUT2D eigenvalue weighted by molar-refractivity contribution is 0.354. The Morgan fingerprint density at radius 1 is 1.18 bits per heavy atom. The monoisotopic (exact) mass is 305 g/mol. The highest BCUT2D eigenvalue weighted by Gasteiger charge is 2.20. The Bertz CT molecular complexity index is 499. The predicted molar refractivity (Wildman–Crippen MR) is 90.0 cm³/mol. The van der Waals surface area contributed by atoms with Crippen LogP contribution in [0, 0.1) is 5.92 Å². The number of nitrogens with zero attached hydrogens (tertiary/aromatic N) is 1. The van der Waals surface area contributed by atoms with Gasteiger partial charge in [0.15, 0.2) is 17.5 Å². The van der Waals surface area contributed by atoms with Crippen molar-refractivity contribution in [3.05, 3.63) is 23.8 Å². The molecule has 1 saturated carbocycles. The van der Waals surface area contributed by atoms with Gasteiger partial charge in [-0.3, -0.25) is 4.99 Å². The van der Waals surface area contributed by atoms with E-state index >= 15 is 0 Å². The number of nitrogens with one attached hydrogen (secondary N) is 2. The average molecular weight is 305 g/mol. The van der Waals surface area contributed by atoms with E-state index in [0.717, 1.165) is 49.4 Å². The third kappa shape index (κ3) is 5.13. The van der Waals surface area contributed by atoms with Gasteiger partial charge in [0.1, 0.15) is 0 Å². The summed E-state index contributed by atoms with van der Waals surface area (Å²) in [6.45, 7) is 4.74. The zero-order valence-corrected chi connectivity index (χ0v) is 13.8.